The number of hydrogen-bond donors (Lipinski definition) is 0. The van der Waals surface area contributed by atoms with E-state index in [4.69, 9.17) is 0 Å². The van der Waals surface area contributed by atoms with Crippen molar-refractivity contribution in [1.82, 2.24) is 4.98 Å². The second-order valence-corrected chi connectivity index (χ2v) is 4.07. The lowest BCUT2D eigenvalue weighted by Crippen LogP contribution is -1.89. The quantitative estimate of drug-likeness (QED) is 0.610. The van der Waals surface area contributed by atoms with Crippen LogP contribution in [-0.2, 0) is 10.2 Å². The lowest BCUT2D eigenvalue weighted by molar-refractivity contribution is 0.551. The molecule has 0 spiro atoms. The average Bonchev–Trinajstić information content (AvgIpc) is 2.11. The van der Waals surface area contributed by atoms with Crippen molar-refractivity contribution >= 4 is 21.6 Å². The molecule has 1 aromatic rings. The molecule has 6 heteroatoms. The number of halogens is 1. The van der Waals surface area contributed by atoms with Gasteiger partial charge >= 0.3 is 10.2 Å². The first-order valence-electron chi connectivity index (χ1n) is 2.37. The molecule has 0 radical (unpaired) electrons. The average molecular weight is 181 g/mol. The molecule has 0 atom stereocenters. The predicted octanol–water partition coefficient (Wildman–Crippen LogP) is 1.11. The van der Waals surface area contributed by atoms with Gasteiger partial charge in [-0.15, -0.1) is 11.3 Å². The molecule has 56 valence electrons. The molecule has 0 saturated heterocycles. The maximum absolute atomic E-state index is 12.1. The molecule has 3 nitrogen and oxygen atoms in total. The molecular weight excluding hydrogens is 177 g/mol. The van der Waals surface area contributed by atoms with Gasteiger partial charge < -0.3 is 0 Å². The van der Waals surface area contributed by atoms with Gasteiger partial charge in [-0.25, -0.2) is 4.98 Å². The van der Waals surface area contributed by atoms with Gasteiger partial charge in [-0.05, 0) is 6.92 Å². The fraction of sp³-hybridized carbons (Fsp3) is 0.250. The maximum Gasteiger partial charge on any atom is 0.359 e. The lowest BCUT2D eigenvalue weighted by atomic mass is 10.6. The van der Waals surface area contributed by atoms with Crippen LogP contribution in [-0.4, -0.2) is 13.4 Å². The first kappa shape index (κ1) is 7.62. The molecular formula is C4H4FNO2S2. The Labute approximate surface area is 61.7 Å². The summed E-state index contributed by atoms with van der Waals surface area (Å²) < 4.78 is 31.8. The number of aryl methyl sites for hydroxylation is 1. The molecule has 1 heterocycles. The molecule has 0 aliphatic heterocycles. The zero-order valence-electron chi connectivity index (χ0n) is 5.04. The van der Waals surface area contributed by atoms with Crippen molar-refractivity contribution in [2.45, 2.75) is 11.3 Å². The van der Waals surface area contributed by atoms with Crippen LogP contribution in [0, 0.1) is 6.92 Å². The van der Waals surface area contributed by atoms with Crippen LogP contribution in [0.15, 0.2) is 9.72 Å². The SMILES string of the molecule is Cc1csc(S(=O)(=O)F)n1. The summed E-state index contributed by atoms with van der Waals surface area (Å²) in [6.45, 7) is 1.60. The van der Waals surface area contributed by atoms with Crippen molar-refractivity contribution in [3.8, 4) is 0 Å². The van der Waals surface area contributed by atoms with Crippen LogP contribution in [0.2, 0.25) is 0 Å². The second kappa shape index (κ2) is 2.28. The van der Waals surface area contributed by atoms with E-state index in [2.05, 4.69) is 4.98 Å². The first-order chi connectivity index (χ1) is 4.50. The molecule has 0 fully saturated rings. The van der Waals surface area contributed by atoms with E-state index in [1.165, 1.54) is 5.38 Å². The number of nitrogens with zero attached hydrogens (tertiary/aromatic N) is 1. The van der Waals surface area contributed by atoms with Crippen LogP contribution in [0.4, 0.5) is 3.89 Å². The molecule has 0 aromatic carbocycles. The van der Waals surface area contributed by atoms with E-state index < -0.39 is 14.6 Å². The van der Waals surface area contributed by atoms with E-state index in [1.54, 1.807) is 6.92 Å². The Hall–Kier alpha value is -0.490. The van der Waals surface area contributed by atoms with Gasteiger partial charge in [0.15, 0.2) is 0 Å². The van der Waals surface area contributed by atoms with Crippen LogP contribution in [0.5, 0.6) is 0 Å². The summed E-state index contributed by atoms with van der Waals surface area (Å²) in [5.74, 6) is 0. The van der Waals surface area contributed by atoms with Gasteiger partial charge in [0.2, 0.25) is 4.34 Å². The number of rotatable bonds is 1. The minimum Gasteiger partial charge on any atom is -0.228 e. The predicted molar refractivity (Wildman–Crippen MR) is 35.1 cm³/mol. The Morgan fingerprint density at radius 1 is 1.70 bits per heavy atom. The van der Waals surface area contributed by atoms with E-state index in [1.807, 2.05) is 0 Å². The summed E-state index contributed by atoms with van der Waals surface area (Å²) >= 11 is 0.782. The van der Waals surface area contributed by atoms with Crippen LogP contribution in [0.25, 0.3) is 0 Å². The summed E-state index contributed by atoms with van der Waals surface area (Å²) in [5.41, 5.74) is 0.515. The van der Waals surface area contributed by atoms with Gasteiger partial charge in [-0.3, -0.25) is 0 Å². The van der Waals surface area contributed by atoms with Gasteiger partial charge in [0, 0.05) is 11.1 Å². The Bertz CT molecular complexity index is 329. The zero-order chi connectivity index (χ0) is 7.78. The van der Waals surface area contributed by atoms with Crippen LogP contribution in [0.3, 0.4) is 0 Å². The number of hydrogen-bond acceptors (Lipinski definition) is 4. The van der Waals surface area contributed by atoms with Crippen molar-refractivity contribution in [2.24, 2.45) is 0 Å². The third kappa shape index (κ3) is 1.51. The summed E-state index contributed by atoms with van der Waals surface area (Å²) in [6.07, 6.45) is 0. The highest BCUT2D eigenvalue weighted by atomic mass is 32.3. The van der Waals surface area contributed by atoms with E-state index in [9.17, 15) is 12.3 Å². The largest absolute Gasteiger partial charge is 0.359 e. The first-order valence-corrected chi connectivity index (χ1v) is 4.63. The van der Waals surface area contributed by atoms with Crippen molar-refractivity contribution in [3.63, 3.8) is 0 Å². The highest BCUT2D eigenvalue weighted by Gasteiger charge is 2.15. The highest BCUT2D eigenvalue weighted by Crippen LogP contribution is 2.16. The Balaban J connectivity index is 3.21. The third-order valence-electron chi connectivity index (χ3n) is 0.807. The van der Waals surface area contributed by atoms with E-state index in [0.717, 1.165) is 11.3 Å². The Morgan fingerprint density at radius 3 is 2.50 bits per heavy atom. The number of aromatic nitrogens is 1. The normalized spacial score (nSPS) is 11.8. The van der Waals surface area contributed by atoms with Gasteiger partial charge in [0.1, 0.15) is 0 Å². The molecule has 10 heavy (non-hydrogen) atoms. The summed E-state index contributed by atoms with van der Waals surface area (Å²) in [7, 11) is -4.57. The highest BCUT2D eigenvalue weighted by molar-refractivity contribution is 7.88. The monoisotopic (exact) mass is 181 g/mol. The number of thiazole rings is 1. The van der Waals surface area contributed by atoms with E-state index in [-0.39, 0.29) is 0 Å². The minimum atomic E-state index is -4.57. The molecule has 0 bridgehead atoms. The van der Waals surface area contributed by atoms with Crippen molar-refractivity contribution < 1.29 is 12.3 Å². The minimum absolute atomic E-state index is 0.468. The maximum atomic E-state index is 12.1. The van der Waals surface area contributed by atoms with E-state index >= 15 is 0 Å². The van der Waals surface area contributed by atoms with Crippen molar-refractivity contribution in [3.05, 3.63) is 11.1 Å². The molecule has 0 unspecified atom stereocenters. The molecule has 1 rings (SSSR count). The summed E-state index contributed by atoms with van der Waals surface area (Å²) in [6, 6.07) is 0. The van der Waals surface area contributed by atoms with Crippen molar-refractivity contribution in [1.29, 1.82) is 0 Å². The third-order valence-corrected chi connectivity index (χ3v) is 2.95. The fourth-order valence-electron chi connectivity index (χ4n) is 0.444. The molecule has 0 saturated carbocycles. The molecule has 0 N–H and O–H groups in total. The molecule has 1 aromatic heterocycles. The van der Waals surface area contributed by atoms with E-state index in [0.29, 0.717) is 5.69 Å². The Morgan fingerprint density at radius 2 is 2.30 bits per heavy atom. The van der Waals surface area contributed by atoms with Gasteiger partial charge in [-0.1, -0.05) is 3.89 Å². The fourth-order valence-corrected chi connectivity index (χ4v) is 1.82. The summed E-state index contributed by atoms with van der Waals surface area (Å²) in [5, 5.41) is 1.48. The lowest BCUT2D eigenvalue weighted by Gasteiger charge is -1.81. The van der Waals surface area contributed by atoms with Crippen LogP contribution >= 0.6 is 11.3 Å². The van der Waals surface area contributed by atoms with Crippen LogP contribution < -0.4 is 0 Å². The van der Waals surface area contributed by atoms with Gasteiger partial charge in [0.25, 0.3) is 0 Å². The summed E-state index contributed by atoms with van der Waals surface area (Å²) in [4.78, 5) is 3.44. The smallest absolute Gasteiger partial charge is 0.228 e. The van der Waals surface area contributed by atoms with Gasteiger partial charge in [0.05, 0.1) is 0 Å². The van der Waals surface area contributed by atoms with Gasteiger partial charge in [-0.2, -0.15) is 8.42 Å². The zero-order valence-corrected chi connectivity index (χ0v) is 6.67. The Kier molecular flexibility index (Phi) is 1.74. The molecule has 0 aliphatic carbocycles. The molecule has 0 aliphatic rings. The molecule has 0 amide bonds. The topological polar surface area (TPSA) is 47.0 Å². The second-order valence-electron chi connectivity index (χ2n) is 1.69. The van der Waals surface area contributed by atoms with Crippen molar-refractivity contribution in [2.75, 3.05) is 0 Å². The van der Waals surface area contributed by atoms with Crippen LogP contribution in [0.1, 0.15) is 5.69 Å². The standard InChI is InChI=1S/C4H4FNO2S2/c1-3-2-9-4(6-3)10(5,7)8/h2H,1H3.